The number of benzene rings is 2. The highest BCUT2D eigenvalue weighted by Crippen LogP contribution is 2.36. The van der Waals surface area contributed by atoms with Gasteiger partial charge >= 0.3 is 0 Å². The molecule has 1 aliphatic carbocycles. The van der Waals surface area contributed by atoms with E-state index in [4.69, 9.17) is 14.7 Å². The van der Waals surface area contributed by atoms with Crippen molar-refractivity contribution in [2.24, 2.45) is 0 Å². The van der Waals surface area contributed by atoms with E-state index < -0.39 is 0 Å². The summed E-state index contributed by atoms with van der Waals surface area (Å²) in [5, 5.41) is 3.71. The minimum Gasteiger partial charge on any atom is -0.376 e. The molecule has 1 fully saturated rings. The van der Waals surface area contributed by atoms with Crippen LogP contribution in [0.4, 0.5) is 5.82 Å². The zero-order chi connectivity index (χ0) is 25.8. The van der Waals surface area contributed by atoms with E-state index in [1.54, 1.807) is 0 Å². The Morgan fingerprint density at radius 2 is 1.76 bits per heavy atom. The molecule has 0 unspecified atom stereocenters. The Balaban J connectivity index is 1.50. The molecule has 1 saturated heterocycles. The van der Waals surface area contributed by atoms with Crippen molar-refractivity contribution in [3.8, 4) is 11.4 Å². The molecule has 2 atom stereocenters. The van der Waals surface area contributed by atoms with Crippen LogP contribution in [0, 0.1) is 6.92 Å². The molecule has 5 nitrogen and oxygen atoms in total. The van der Waals surface area contributed by atoms with Crippen molar-refractivity contribution in [3.05, 3.63) is 76.0 Å². The molecule has 37 heavy (non-hydrogen) atoms. The van der Waals surface area contributed by atoms with Gasteiger partial charge < -0.3 is 10.1 Å². The third-order valence-electron chi connectivity index (χ3n) is 8.23. The summed E-state index contributed by atoms with van der Waals surface area (Å²) in [5.74, 6) is 1.80. The first-order valence-electron chi connectivity index (χ1n) is 14.2. The van der Waals surface area contributed by atoms with E-state index in [1.807, 2.05) is 0 Å². The monoisotopic (exact) mass is 498 g/mol. The zero-order valence-electron chi connectivity index (χ0n) is 23.0. The lowest BCUT2D eigenvalue weighted by Crippen LogP contribution is -2.29. The molecule has 1 N–H and O–H groups in total. The average Bonchev–Trinajstić information content (AvgIpc) is 3.46. The SMILES string of the molecule is CCc1cccc(CC)c1-c1nc(C)c(CN(C)[C@H]2CCCc3ccccc32)c(NC[C@@H]2CCCO2)n1. The number of aryl methyl sites for hydroxylation is 4. The fourth-order valence-corrected chi connectivity index (χ4v) is 6.13. The summed E-state index contributed by atoms with van der Waals surface area (Å²) in [4.78, 5) is 12.9. The van der Waals surface area contributed by atoms with Crippen molar-refractivity contribution in [3.63, 3.8) is 0 Å². The Morgan fingerprint density at radius 3 is 2.49 bits per heavy atom. The minimum absolute atomic E-state index is 0.253. The van der Waals surface area contributed by atoms with Crippen LogP contribution in [0.25, 0.3) is 11.4 Å². The molecule has 1 aromatic heterocycles. The summed E-state index contributed by atoms with van der Waals surface area (Å²) in [7, 11) is 2.26. The van der Waals surface area contributed by atoms with Crippen molar-refractivity contribution in [2.45, 2.75) is 84.4 Å². The zero-order valence-corrected chi connectivity index (χ0v) is 23.0. The van der Waals surface area contributed by atoms with E-state index in [0.717, 1.165) is 62.7 Å². The van der Waals surface area contributed by atoms with Crippen molar-refractivity contribution in [2.75, 3.05) is 25.5 Å². The van der Waals surface area contributed by atoms with E-state index in [-0.39, 0.29) is 6.10 Å². The molecule has 0 radical (unpaired) electrons. The van der Waals surface area contributed by atoms with Gasteiger partial charge in [-0.2, -0.15) is 0 Å². The van der Waals surface area contributed by atoms with Crippen molar-refractivity contribution in [1.82, 2.24) is 14.9 Å². The van der Waals surface area contributed by atoms with E-state index >= 15 is 0 Å². The summed E-state index contributed by atoms with van der Waals surface area (Å²) in [6.45, 7) is 9.05. The maximum Gasteiger partial charge on any atom is 0.162 e. The fourth-order valence-electron chi connectivity index (χ4n) is 6.13. The van der Waals surface area contributed by atoms with Crippen LogP contribution >= 0.6 is 0 Å². The summed E-state index contributed by atoms with van der Waals surface area (Å²) in [5.41, 5.74) is 9.05. The molecule has 1 aliphatic heterocycles. The predicted molar refractivity (Wildman–Crippen MR) is 152 cm³/mol. The van der Waals surface area contributed by atoms with Gasteiger partial charge in [0, 0.05) is 42.6 Å². The summed E-state index contributed by atoms with van der Waals surface area (Å²) >= 11 is 0. The first kappa shape index (κ1) is 25.9. The number of nitrogens with zero attached hydrogens (tertiary/aromatic N) is 3. The first-order chi connectivity index (χ1) is 18.1. The highest BCUT2D eigenvalue weighted by molar-refractivity contribution is 5.67. The number of hydrogen-bond donors (Lipinski definition) is 1. The summed E-state index contributed by atoms with van der Waals surface area (Å²) < 4.78 is 5.93. The normalized spacial score (nSPS) is 19.3. The van der Waals surface area contributed by atoms with Crippen molar-refractivity contribution < 1.29 is 4.74 Å². The van der Waals surface area contributed by atoms with Crippen LogP contribution in [0.15, 0.2) is 42.5 Å². The standard InChI is InChI=1S/C32H42N4O/c1-5-23-13-9-14-24(6-2)30(23)32-34-22(3)28(31(35-32)33-20-26-16-11-19-37-26)21-36(4)29-18-10-15-25-12-7-8-17-27(25)29/h7-9,12-14,17,26,29H,5-6,10-11,15-16,18-21H2,1-4H3,(H,33,34,35)/t26-,29-/m0/s1. The Labute approximate surface area is 222 Å². The third-order valence-corrected chi connectivity index (χ3v) is 8.23. The molecule has 196 valence electrons. The molecule has 2 aliphatic rings. The summed E-state index contributed by atoms with van der Waals surface area (Å²) in [6.07, 6.45) is 8.04. The van der Waals surface area contributed by atoms with Crippen molar-refractivity contribution in [1.29, 1.82) is 0 Å². The number of nitrogens with one attached hydrogen (secondary N) is 1. The predicted octanol–water partition coefficient (Wildman–Crippen LogP) is 6.68. The molecule has 0 bridgehead atoms. The van der Waals surface area contributed by atoms with Gasteiger partial charge in [-0.3, -0.25) is 4.90 Å². The second kappa shape index (κ2) is 11.7. The second-order valence-electron chi connectivity index (χ2n) is 10.7. The van der Waals surface area contributed by atoms with Crippen LogP contribution in [0.1, 0.15) is 79.1 Å². The average molecular weight is 499 g/mol. The molecule has 0 amide bonds. The van der Waals surface area contributed by atoms with Crippen molar-refractivity contribution >= 4 is 5.82 Å². The highest BCUT2D eigenvalue weighted by Gasteiger charge is 2.26. The lowest BCUT2D eigenvalue weighted by Gasteiger charge is -2.34. The van der Waals surface area contributed by atoms with Gasteiger partial charge in [0.25, 0.3) is 0 Å². The van der Waals surface area contributed by atoms with Gasteiger partial charge in [0.1, 0.15) is 5.82 Å². The van der Waals surface area contributed by atoms with E-state index in [9.17, 15) is 0 Å². The number of fused-ring (bicyclic) bond motifs is 1. The Bertz CT molecular complexity index is 1200. The Morgan fingerprint density at radius 1 is 0.973 bits per heavy atom. The molecule has 2 heterocycles. The van der Waals surface area contributed by atoms with Crippen LogP contribution in [-0.2, 0) is 30.5 Å². The van der Waals surface area contributed by atoms with Gasteiger partial charge in [0.15, 0.2) is 5.82 Å². The summed E-state index contributed by atoms with van der Waals surface area (Å²) in [6, 6.07) is 16.0. The lowest BCUT2D eigenvalue weighted by molar-refractivity contribution is 0.120. The maximum absolute atomic E-state index is 5.93. The van der Waals surface area contributed by atoms with Gasteiger partial charge in [-0.15, -0.1) is 0 Å². The molecule has 5 rings (SSSR count). The quantitative estimate of drug-likeness (QED) is 0.357. The van der Waals surface area contributed by atoms with Crippen LogP contribution in [0.3, 0.4) is 0 Å². The number of ether oxygens (including phenoxy) is 1. The number of rotatable bonds is 9. The van der Waals surface area contributed by atoms with Crippen LogP contribution < -0.4 is 5.32 Å². The smallest absolute Gasteiger partial charge is 0.162 e. The highest BCUT2D eigenvalue weighted by atomic mass is 16.5. The molecule has 0 spiro atoms. The Kier molecular flexibility index (Phi) is 8.21. The van der Waals surface area contributed by atoms with Gasteiger partial charge in [0.05, 0.1) is 6.10 Å². The lowest BCUT2D eigenvalue weighted by atomic mass is 9.87. The maximum atomic E-state index is 5.93. The molecule has 3 aromatic rings. The van der Waals surface area contributed by atoms with Crippen LogP contribution in [0.5, 0.6) is 0 Å². The van der Waals surface area contributed by atoms with Crippen LogP contribution in [0.2, 0.25) is 0 Å². The largest absolute Gasteiger partial charge is 0.376 e. The molecule has 5 heteroatoms. The van der Waals surface area contributed by atoms with Crippen LogP contribution in [-0.4, -0.2) is 41.2 Å². The topological polar surface area (TPSA) is 50.3 Å². The van der Waals surface area contributed by atoms with E-state index in [2.05, 4.69) is 80.5 Å². The molecular weight excluding hydrogens is 456 g/mol. The van der Waals surface area contributed by atoms with Gasteiger partial charge in [-0.25, -0.2) is 9.97 Å². The third kappa shape index (κ3) is 5.58. The van der Waals surface area contributed by atoms with Gasteiger partial charge in [0.2, 0.25) is 0 Å². The van der Waals surface area contributed by atoms with E-state index in [1.165, 1.54) is 52.6 Å². The Hall–Kier alpha value is -2.76. The minimum atomic E-state index is 0.253. The second-order valence-corrected chi connectivity index (χ2v) is 10.7. The molecular formula is C32H42N4O. The van der Waals surface area contributed by atoms with Gasteiger partial charge in [-0.05, 0) is 81.2 Å². The number of anilines is 1. The van der Waals surface area contributed by atoms with E-state index in [0.29, 0.717) is 6.04 Å². The number of aromatic nitrogens is 2. The fraction of sp³-hybridized carbons (Fsp3) is 0.500. The first-order valence-corrected chi connectivity index (χ1v) is 14.2. The van der Waals surface area contributed by atoms with Gasteiger partial charge in [-0.1, -0.05) is 56.3 Å². The number of hydrogen-bond acceptors (Lipinski definition) is 5. The molecule has 2 aromatic carbocycles. The molecule has 0 saturated carbocycles.